The second-order valence-corrected chi connectivity index (χ2v) is 7.30. The summed E-state index contributed by atoms with van der Waals surface area (Å²) in [5.41, 5.74) is 0.0266. The Morgan fingerprint density at radius 2 is 1.17 bits per heavy atom. The number of nitrogens with one attached hydrogen (secondary N) is 2. The summed E-state index contributed by atoms with van der Waals surface area (Å²) in [4.78, 5) is 8.58. The zero-order chi connectivity index (χ0) is 16.1. The lowest BCUT2D eigenvalue weighted by atomic mass is 9.92. The van der Waals surface area contributed by atoms with Crippen LogP contribution in [0.25, 0.3) is 0 Å². The molecule has 0 saturated carbocycles. The molecule has 6 nitrogen and oxygen atoms in total. The van der Waals surface area contributed by atoms with E-state index in [1.807, 2.05) is 0 Å². The van der Waals surface area contributed by atoms with E-state index in [2.05, 4.69) is 48.3 Å². The van der Waals surface area contributed by atoms with E-state index in [0.717, 1.165) is 38.8 Å². The molecule has 2 heterocycles. The van der Waals surface area contributed by atoms with E-state index in [9.17, 15) is 0 Å². The van der Waals surface area contributed by atoms with Gasteiger partial charge in [0, 0.05) is 11.1 Å². The van der Waals surface area contributed by atoms with Crippen LogP contribution in [0.3, 0.4) is 0 Å². The van der Waals surface area contributed by atoms with Crippen molar-refractivity contribution >= 4 is 46.0 Å². The molecule has 0 atom stereocenters. The van der Waals surface area contributed by atoms with Gasteiger partial charge in [-0.1, -0.05) is 12.8 Å². The van der Waals surface area contributed by atoms with Gasteiger partial charge in [-0.15, -0.1) is 34.0 Å². The summed E-state index contributed by atoms with van der Waals surface area (Å²) in [5.74, 6) is 0. The highest BCUT2D eigenvalue weighted by Gasteiger charge is 2.24. The molecule has 0 amide bonds. The molecule has 0 saturated heterocycles. The summed E-state index contributed by atoms with van der Waals surface area (Å²) in [6, 6.07) is 1.40. The van der Waals surface area contributed by atoms with Crippen LogP contribution in [0.5, 0.6) is 0 Å². The summed E-state index contributed by atoms with van der Waals surface area (Å²) in [7, 11) is 0. The van der Waals surface area contributed by atoms with Crippen molar-refractivity contribution in [2.24, 2.45) is 9.98 Å². The lowest BCUT2D eigenvalue weighted by molar-refractivity contribution is 0.289. The van der Waals surface area contributed by atoms with E-state index in [-0.39, 0.29) is 45.0 Å². The van der Waals surface area contributed by atoms with Gasteiger partial charge >= 0.3 is 0 Å². The molecular weight excluding hydrogens is 440 g/mol. The molecule has 2 aliphatic heterocycles. The maximum Gasteiger partial charge on any atom is 0.285 e. The first-order chi connectivity index (χ1) is 10.4. The third-order valence-electron chi connectivity index (χ3n) is 3.92. The standard InChI is InChI=1S/C16H30N4O2.2BrH/c1-15(2,19-13-17-9-11-21-13)7-5-6-8-16(3,4)20-14-18-10-12-22-14;;/h5-12H2,1-4H3,(H,17,19)(H,18,20);2*1H. The second kappa shape index (κ2) is 10.5. The average Bonchev–Trinajstić information content (AvgIpc) is 3.07. The molecular formula is C16H32Br2N4O2. The number of ether oxygens (including phenoxy) is 2. The Kier molecular flexibility index (Phi) is 10.3. The van der Waals surface area contributed by atoms with Gasteiger partial charge in [-0.05, 0) is 40.5 Å². The van der Waals surface area contributed by atoms with Gasteiger partial charge in [0.2, 0.25) is 0 Å². The Morgan fingerprint density at radius 3 is 1.46 bits per heavy atom. The van der Waals surface area contributed by atoms with Crippen molar-refractivity contribution in [3.63, 3.8) is 0 Å². The highest BCUT2D eigenvalue weighted by molar-refractivity contribution is 8.93. The Bertz CT molecular complexity index is 400. The number of nitrogens with zero attached hydrogens (tertiary/aromatic N) is 2. The van der Waals surface area contributed by atoms with E-state index < -0.39 is 0 Å². The molecule has 2 aliphatic rings. The van der Waals surface area contributed by atoms with Crippen molar-refractivity contribution in [3.8, 4) is 0 Å². The third kappa shape index (κ3) is 8.55. The van der Waals surface area contributed by atoms with Crippen LogP contribution in [0, 0.1) is 0 Å². The van der Waals surface area contributed by atoms with Crippen molar-refractivity contribution in [1.82, 2.24) is 10.6 Å². The minimum absolute atomic E-state index is 0. The van der Waals surface area contributed by atoms with Crippen LogP contribution in [0.1, 0.15) is 53.4 Å². The quantitative estimate of drug-likeness (QED) is 0.559. The Labute approximate surface area is 166 Å². The van der Waals surface area contributed by atoms with E-state index >= 15 is 0 Å². The zero-order valence-electron chi connectivity index (χ0n) is 15.2. The van der Waals surface area contributed by atoms with Crippen molar-refractivity contribution in [2.75, 3.05) is 26.3 Å². The first-order valence-corrected chi connectivity index (χ1v) is 8.27. The van der Waals surface area contributed by atoms with Crippen molar-refractivity contribution in [1.29, 1.82) is 0 Å². The summed E-state index contributed by atoms with van der Waals surface area (Å²) >= 11 is 0. The van der Waals surface area contributed by atoms with Crippen LogP contribution in [-0.4, -0.2) is 49.4 Å². The van der Waals surface area contributed by atoms with Crippen LogP contribution in [0.4, 0.5) is 0 Å². The van der Waals surface area contributed by atoms with E-state index in [0.29, 0.717) is 25.3 Å². The van der Waals surface area contributed by atoms with Gasteiger partial charge < -0.3 is 20.1 Å². The molecule has 0 unspecified atom stereocenters. The SMILES string of the molecule is Br.Br.CC(C)(CCCCC(C)(C)NC1=NCCO1)NC1=NCCO1. The van der Waals surface area contributed by atoms with E-state index in [4.69, 9.17) is 9.47 Å². The average molecular weight is 472 g/mol. The van der Waals surface area contributed by atoms with Gasteiger partial charge in [-0.3, -0.25) is 0 Å². The van der Waals surface area contributed by atoms with Gasteiger partial charge in [0.15, 0.2) is 0 Å². The molecule has 0 fully saturated rings. The molecule has 142 valence electrons. The lowest BCUT2D eigenvalue weighted by Crippen LogP contribution is -2.44. The predicted octanol–water partition coefficient (Wildman–Crippen LogP) is 3.21. The largest absolute Gasteiger partial charge is 0.463 e. The molecule has 2 N–H and O–H groups in total. The number of hydrogen-bond donors (Lipinski definition) is 2. The zero-order valence-corrected chi connectivity index (χ0v) is 18.6. The first kappa shape index (κ1) is 23.5. The molecule has 0 aromatic rings. The molecule has 0 aliphatic carbocycles. The number of halogens is 2. The molecule has 0 aromatic heterocycles. The lowest BCUT2D eigenvalue weighted by Gasteiger charge is -2.29. The molecule has 24 heavy (non-hydrogen) atoms. The fourth-order valence-electron chi connectivity index (χ4n) is 2.66. The smallest absolute Gasteiger partial charge is 0.285 e. The topological polar surface area (TPSA) is 67.2 Å². The van der Waals surface area contributed by atoms with E-state index in [1.165, 1.54) is 0 Å². The molecule has 2 rings (SSSR count). The van der Waals surface area contributed by atoms with Crippen molar-refractivity contribution in [2.45, 2.75) is 64.5 Å². The minimum Gasteiger partial charge on any atom is -0.463 e. The predicted molar refractivity (Wildman–Crippen MR) is 110 cm³/mol. The summed E-state index contributed by atoms with van der Waals surface area (Å²) in [5, 5.41) is 6.77. The van der Waals surface area contributed by atoms with Crippen LogP contribution in [0.2, 0.25) is 0 Å². The monoisotopic (exact) mass is 470 g/mol. The first-order valence-electron chi connectivity index (χ1n) is 8.27. The van der Waals surface area contributed by atoms with Gasteiger partial charge in [-0.2, -0.15) is 0 Å². The Hall–Kier alpha value is -0.500. The highest BCUT2D eigenvalue weighted by atomic mass is 79.9. The maximum atomic E-state index is 5.43. The summed E-state index contributed by atoms with van der Waals surface area (Å²) in [6.45, 7) is 11.7. The van der Waals surface area contributed by atoms with Crippen LogP contribution >= 0.6 is 34.0 Å². The summed E-state index contributed by atoms with van der Waals surface area (Å²) in [6.07, 6.45) is 4.49. The fraction of sp³-hybridized carbons (Fsp3) is 0.875. The molecule has 0 aromatic carbocycles. The van der Waals surface area contributed by atoms with Gasteiger partial charge in [-0.25, -0.2) is 9.98 Å². The van der Waals surface area contributed by atoms with Gasteiger partial charge in [0.25, 0.3) is 12.0 Å². The van der Waals surface area contributed by atoms with E-state index in [1.54, 1.807) is 0 Å². The van der Waals surface area contributed by atoms with Crippen molar-refractivity contribution in [3.05, 3.63) is 0 Å². The number of aliphatic imine (C=N–C) groups is 2. The number of hydrogen-bond acceptors (Lipinski definition) is 6. The molecule has 0 bridgehead atoms. The minimum atomic E-state index is 0. The highest BCUT2D eigenvalue weighted by Crippen LogP contribution is 2.19. The maximum absolute atomic E-state index is 5.43. The normalized spacial score (nSPS) is 16.8. The third-order valence-corrected chi connectivity index (χ3v) is 3.92. The van der Waals surface area contributed by atoms with Gasteiger partial charge in [0.1, 0.15) is 13.2 Å². The molecule has 0 spiro atoms. The van der Waals surface area contributed by atoms with Gasteiger partial charge in [0.05, 0.1) is 13.1 Å². The van der Waals surface area contributed by atoms with Crippen LogP contribution in [0.15, 0.2) is 9.98 Å². The number of rotatable bonds is 7. The van der Waals surface area contributed by atoms with Crippen LogP contribution in [-0.2, 0) is 9.47 Å². The Morgan fingerprint density at radius 1 is 0.792 bits per heavy atom. The Balaban J connectivity index is 0.00000264. The fourth-order valence-corrected chi connectivity index (χ4v) is 2.66. The van der Waals surface area contributed by atoms with Crippen molar-refractivity contribution < 1.29 is 9.47 Å². The van der Waals surface area contributed by atoms with Crippen LogP contribution < -0.4 is 10.6 Å². The molecule has 0 radical (unpaired) electrons. The summed E-state index contributed by atoms with van der Waals surface area (Å²) < 4.78 is 10.9. The second-order valence-electron chi connectivity index (χ2n) is 7.30. The number of amidine groups is 2. The number of unbranched alkanes of at least 4 members (excludes halogenated alkanes) is 1. The molecule has 8 heteroatoms.